The molecule has 4 rings (SSSR count). The van der Waals surface area contributed by atoms with Crippen molar-refractivity contribution in [2.45, 2.75) is 19.5 Å². The Balaban J connectivity index is 1.44. The van der Waals surface area contributed by atoms with Crippen LogP contribution >= 0.6 is 0 Å². The van der Waals surface area contributed by atoms with Crippen molar-refractivity contribution in [3.8, 4) is 11.1 Å². The number of hydrogen-bond acceptors (Lipinski definition) is 2. The summed E-state index contributed by atoms with van der Waals surface area (Å²) in [6, 6.07) is 28.7. The normalized spacial score (nSPS) is 11.2. The fourth-order valence-electron chi connectivity index (χ4n) is 4.14. The Morgan fingerprint density at radius 2 is 1.45 bits per heavy atom. The van der Waals surface area contributed by atoms with Crippen LogP contribution in [0.1, 0.15) is 38.3 Å². The minimum Gasteiger partial charge on any atom is -0.352 e. The molecule has 4 nitrogen and oxygen atoms in total. The van der Waals surface area contributed by atoms with E-state index in [2.05, 4.69) is 5.32 Å². The zero-order valence-electron chi connectivity index (χ0n) is 20.8. The second kappa shape index (κ2) is 11.8. The molecule has 0 aromatic heterocycles. The maximum Gasteiger partial charge on any atom is 0.416 e. The Bertz CT molecular complexity index is 1400. The average molecular weight is 517 g/mol. The summed E-state index contributed by atoms with van der Waals surface area (Å²) in [7, 11) is 0. The van der Waals surface area contributed by atoms with Crippen LogP contribution in [0.15, 0.2) is 103 Å². The van der Waals surface area contributed by atoms with Crippen molar-refractivity contribution < 1.29 is 22.8 Å². The maximum absolute atomic E-state index is 13.4. The standard InChI is InChI=1S/C31H27F3N2O2/c1-22-9-5-6-14-28(22)30(38)36(27-13-7-12-26(21-27)31(32,33)34)20-8-19-35-29(37)25-17-15-24(16-18-25)23-10-3-2-4-11-23/h2-7,9-18,21H,8,19-20H2,1H3,(H,35,37). The van der Waals surface area contributed by atoms with Gasteiger partial charge in [-0.2, -0.15) is 13.2 Å². The molecule has 0 bridgehead atoms. The van der Waals surface area contributed by atoms with E-state index in [1.165, 1.54) is 17.0 Å². The Morgan fingerprint density at radius 1 is 0.789 bits per heavy atom. The molecule has 0 aliphatic heterocycles. The van der Waals surface area contributed by atoms with Crippen molar-refractivity contribution in [1.82, 2.24) is 5.32 Å². The van der Waals surface area contributed by atoms with Gasteiger partial charge in [-0.25, -0.2) is 0 Å². The number of carbonyl (C=O) groups is 2. The number of anilines is 1. The van der Waals surface area contributed by atoms with Crippen molar-refractivity contribution in [3.63, 3.8) is 0 Å². The number of alkyl halides is 3. The Morgan fingerprint density at radius 3 is 2.13 bits per heavy atom. The van der Waals surface area contributed by atoms with Gasteiger partial charge in [-0.3, -0.25) is 9.59 Å². The van der Waals surface area contributed by atoms with Gasteiger partial charge in [0.2, 0.25) is 0 Å². The van der Waals surface area contributed by atoms with E-state index in [4.69, 9.17) is 0 Å². The second-order valence-electron chi connectivity index (χ2n) is 8.87. The largest absolute Gasteiger partial charge is 0.416 e. The Kier molecular flexibility index (Phi) is 8.26. The number of hydrogen-bond donors (Lipinski definition) is 1. The predicted molar refractivity (Wildman–Crippen MR) is 143 cm³/mol. The highest BCUT2D eigenvalue weighted by atomic mass is 19.4. The number of amides is 2. The van der Waals surface area contributed by atoms with E-state index in [0.717, 1.165) is 28.8 Å². The molecule has 0 aliphatic rings. The molecule has 0 radical (unpaired) electrons. The molecule has 4 aromatic carbocycles. The van der Waals surface area contributed by atoms with E-state index >= 15 is 0 Å². The number of nitrogens with one attached hydrogen (secondary N) is 1. The van der Waals surface area contributed by atoms with E-state index in [-0.39, 0.29) is 24.7 Å². The third-order valence-corrected chi connectivity index (χ3v) is 6.20. The molecule has 1 N–H and O–H groups in total. The number of aryl methyl sites for hydroxylation is 1. The first-order valence-electron chi connectivity index (χ1n) is 12.2. The third-order valence-electron chi connectivity index (χ3n) is 6.20. The molecule has 0 unspecified atom stereocenters. The van der Waals surface area contributed by atoms with E-state index < -0.39 is 17.6 Å². The number of benzene rings is 4. The first-order chi connectivity index (χ1) is 18.2. The summed E-state index contributed by atoms with van der Waals surface area (Å²) in [6.45, 7) is 2.15. The van der Waals surface area contributed by atoms with Crippen LogP contribution in [0.5, 0.6) is 0 Å². The van der Waals surface area contributed by atoms with Crippen LogP contribution in [-0.4, -0.2) is 24.9 Å². The summed E-state index contributed by atoms with van der Waals surface area (Å²) in [5.41, 5.74) is 2.99. The number of rotatable bonds is 8. The number of halogens is 3. The van der Waals surface area contributed by atoms with Crippen molar-refractivity contribution in [1.29, 1.82) is 0 Å². The molecule has 0 aliphatic carbocycles. The second-order valence-corrected chi connectivity index (χ2v) is 8.87. The van der Waals surface area contributed by atoms with Gasteiger partial charge in [-0.1, -0.05) is 66.7 Å². The quantitative estimate of drug-likeness (QED) is 0.253. The van der Waals surface area contributed by atoms with Gasteiger partial charge >= 0.3 is 6.18 Å². The van der Waals surface area contributed by atoms with Gasteiger partial charge in [0.05, 0.1) is 5.56 Å². The fraction of sp³-hybridized carbons (Fsp3) is 0.161. The molecule has 0 saturated heterocycles. The zero-order valence-corrected chi connectivity index (χ0v) is 20.8. The number of nitrogens with zero attached hydrogens (tertiary/aromatic N) is 1. The van der Waals surface area contributed by atoms with E-state index in [1.807, 2.05) is 42.5 Å². The van der Waals surface area contributed by atoms with Crippen LogP contribution in [0.3, 0.4) is 0 Å². The summed E-state index contributed by atoms with van der Waals surface area (Å²) < 4.78 is 40.0. The van der Waals surface area contributed by atoms with Gasteiger partial charge in [-0.15, -0.1) is 0 Å². The summed E-state index contributed by atoms with van der Waals surface area (Å²) in [6.07, 6.45) is -4.18. The molecule has 194 valence electrons. The van der Waals surface area contributed by atoms with Crippen LogP contribution in [0.25, 0.3) is 11.1 Å². The molecular formula is C31H27F3N2O2. The molecule has 0 saturated carbocycles. The van der Waals surface area contributed by atoms with Gasteiger partial charge in [-0.05, 0) is 66.4 Å². The molecule has 2 amide bonds. The SMILES string of the molecule is Cc1ccccc1C(=O)N(CCCNC(=O)c1ccc(-c2ccccc2)cc1)c1cccc(C(F)(F)F)c1. The van der Waals surface area contributed by atoms with Gasteiger partial charge in [0.1, 0.15) is 0 Å². The van der Waals surface area contributed by atoms with Crippen LogP contribution in [0.4, 0.5) is 18.9 Å². The van der Waals surface area contributed by atoms with Crippen molar-refractivity contribution >= 4 is 17.5 Å². The van der Waals surface area contributed by atoms with Crippen molar-refractivity contribution in [2.75, 3.05) is 18.0 Å². The summed E-state index contributed by atoms with van der Waals surface area (Å²) in [4.78, 5) is 27.4. The first kappa shape index (κ1) is 26.7. The topological polar surface area (TPSA) is 49.4 Å². The smallest absolute Gasteiger partial charge is 0.352 e. The lowest BCUT2D eigenvalue weighted by Crippen LogP contribution is -2.35. The molecule has 0 fully saturated rings. The molecule has 38 heavy (non-hydrogen) atoms. The summed E-state index contributed by atoms with van der Waals surface area (Å²) >= 11 is 0. The first-order valence-corrected chi connectivity index (χ1v) is 12.2. The summed E-state index contributed by atoms with van der Waals surface area (Å²) in [5, 5.41) is 2.83. The lowest BCUT2D eigenvalue weighted by atomic mass is 10.0. The monoisotopic (exact) mass is 516 g/mol. The number of carbonyl (C=O) groups excluding carboxylic acids is 2. The molecule has 0 heterocycles. The lowest BCUT2D eigenvalue weighted by molar-refractivity contribution is -0.137. The summed E-state index contributed by atoms with van der Waals surface area (Å²) in [5.74, 6) is -0.661. The lowest BCUT2D eigenvalue weighted by Gasteiger charge is -2.25. The zero-order chi connectivity index (χ0) is 27.1. The predicted octanol–water partition coefficient (Wildman–Crippen LogP) is 7.15. The minimum atomic E-state index is -4.53. The molecule has 7 heteroatoms. The third kappa shape index (κ3) is 6.48. The van der Waals surface area contributed by atoms with E-state index in [9.17, 15) is 22.8 Å². The van der Waals surface area contributed by atoms with Gasteiger partial charge < -0.3 is 10.2 Å². The van der Waals surface area contributed by atoms with Crippen molar-refractivity contribution in [2.24, 2.45) is 0 Å². The maximum atomic E-state index is 13.4. The molecular weight excluding hydrogens is 489 g/mol. The van der Waals surface area contributed by atoms with Crippen molar-refractivity contribution in [3.05, 3.63) is 125 Å². The van der Waals surface area contributed by atoms with E-state index in [1.54, 1.807) is 43.3 Å². The Labute approximate surface area is 219 Å². The van der Waals surface area contributed by atoms with Crippen LogP contribution in [-0.2, 0) is 6.18 Å². The average Bonchev–Trinajstić information content (AvgIpc) is 2.93. The van der Waals surface area contributed by atoms with Crippen LogP contribution in [0.2, 0.25) is 0 Å². The molecule has 0 atom stereocenters. The Hall–Kier alpha value is -4.39. The minimum absolute atomic E-state index is 0.127. The fourth-order valence-corrected chi connectivity index (χ4v) is 4.14. The highest BCUT2D eigenvalue weighted by Crippen LogP contribution is 2.32. The van der Waals surface area contributed by atoms with Crippen LogP contribution < -0.4 is 10.2 Å². The van der Waals surface area contributed by atoms with Crippen LogP contribution in [0, 0.1) is 6.92 Å². The van der Waals surface area contributed by atoms with E-state index in [0.29, 0.717) is 17.5 Å². The van der Waals surface area contributed by atoms with Gasteiger partial charge in [0.15, 0.2) is 0 Å². The van der Waals surface area contributed by atoms with Gasteiger partial charge in [0.25, 0.3) is 11.8 Å². The molecule has 0 spiro atoms. The molecule has 4 aromatic rings. The van der Waals surface area contributed by atoms with Gasteiger partial charge in [0, 0.05) is 29.9 Å². The highest BCUT2D eigenvalue weighted by molar-refractivity contribution is 6.07. The highest BCUT2D eigenvalue weighted by Gasteiger charge is 2.31.